The van der Waals surface area contributed by atoms with E-state index < -0.39 is 0 Å². The summed E-state index contributed by atoms with van der Waals surface area (Å²) in [6, 6.07) is 8.84. The molecule has 0 radical (unpaired) electrons. The van der Waals surface area contributed by atoms with Gasteiger partial charge in [0.2, 0.25) is 0 Å². The summed E-state index contributed by atoms with van der Waals surface area (Å²) in [6.45, 7) is 6.27. The van der Waals surface area contributed by atoms with E-state index in [-0.39, 0.29) is 0 Å². The summed E-state index contributed by atoms with van der Waals surface area (Å²) in [5.74, 6) is 1.51. The summed E-state index contributed by atoms with van der Waals surface area (Å²) in [7, 11) is 3.46. The van der Waals surface area contributed by atoms with E-state index in [4.69, 9.17) is 9.47 Å². The van der Waals surface area contributed by atoms with Gasteiger partial charge in [0.1, 0.15) is 5.75 Å². The molecule has 0 saturated carbocycles. The fraction of sp³-hybridized carbons (Fsp3) is 0.625. The van der Waals surface area contributed by atoms with Crippen molar-refractivity contribution in [3.05, 3.63) is 29.8 Å². The van der Waals surface area contributed by atoms with E-state index in [2.05, 4.69) is 31.3 Å². The molecule has 1 N–H and O–H groups in total. The highest BCUT2D eigenvalue weighted by atomic mass is 16.5. The largest absolute Gasteiger partial charge is 0.497 e. The van der Waals surface area contributed by atoms with E-state index in [0.29, 0.717) is 12.0 Å². The lowest BCUT2D eigenvalue weighted by Crippen LogP contribution is -2.37. The molecule has 2 unspecified atom stereocenters. The van der Waals surface area contributed by atoms with Gasteiger partial charge in [-0.3, -0.25) is 0 Å². The number of hydrogen-bond donors (Lipinski definition) is 1. The number of hydrogen-bond acceptors (Lipinski definition) is 3. The van der Waals surface area contributed by atoms with Gasteiger partial charge in [0.05, 0.1) is 7.11 Å². The molecule has 3 heteroatoms. The Morgan fingerprint density at radius 2 is 1.84 bits per heavy atom. The maximum Gasteiger partial charge on any atom is 0.118 e. The SMILES string of the molecule is CCNC(Cc1ccc(OC)cc1)C(C)CCOC. The third-order valence-electron chi connectivity index (χ3n) is 3.55. The molecule has 108 valence electrons. The normalized spacial score (nSPS) is 14.1. The fourth-order valence-electron chi connectivity index (χ4n) is 2.26. The lowest BCUT2D eigenvalue weighted by molar-refractivity contribution is 0.170. The molecule has 19 heavy (non-hydrogen) atoms. The second-order valence-electron chi connectivity index (χ2n) is 4.98. The van der Waals surface area contributed by atoms with Gasteiger partial charge in [-0.2, -0.15) is 0 Å². The van der Waals surface area contributed by atoms with Gasteiger partial charge in [0.25, 0.3) is 0 Å². The van der Waals surface area contributed by atoms with Gasteiger partial charge >= 0.3 is 0 Å². The van der Waals surface area contributed by atoms with Crippen LogP contribution in [0.1, 0.15) is 25.8 Å². The van der Waals surface area contributed by atoms with Crippen molar-refractivity contribution in [2.75, 3.05) is 27.4 Å². The maximum atomic E-state index is 5.19. The zero-order chi connectivity index (χ0) is 14.1. The smallest absolute Gasteiger partial charge is 0.118 e. The second-order valence-corrected chi connectivity index (χ2v) is 4.98. The lowest BCUT2D eigenvalue weighted by atomic mass is 9.92. The summed E-state index contributed by atoms with van der Waals surface area (Å²) in [6.07, 6.45) is 2.13. The molecule has 0 heterocycles. The average molecular weight is 265 g/mol. The van der Waals surface area contributed by atoms with Crippen molar-refractivity contribution in [3.8, 4) is 5.75 Å². The molecule has 3 nitrogen and oxygen atoms in total. The van der Waals surface area contributed by atoms with Gasteiger partial charge in [0, 0.05) is 19.8 Å². The van der Waals surface area contributed by atoms with Crippen molar-refractivity contribution in [1.82, 2.24) is 5.32 Å². The van der Waals surface area contributed by atoms with Crippen LogP contribution < -0.4 is 10.1 Å². The van der Waals surface area contributed by atoms with E-state index in [1.54, 1.807) is 14.2 Å². The van der Waals surface area contributed by atoms with Crippen LogP contribution in [0.15, 0.2) is 24.3 Å². The topological polar surface area (TPSA) is 30.5 Å². The van der Waals surface area contributed by atoms with Crippen molar-refractivity contribution in [2.45, 2.75) is 32.7 Å². The van der Waals surface area contributed by atoms with Gasteiger partial charge in [0.15, 0.2) is 0 Å². The Hall–Kier alpha value is -1.06. The predicted molar refractivity (Wildman–Crippen MR) is 79.8 cm³/mol. The Labute approximate surface area is 117 Å². The average Bonchev–Trinajstić information content (AvgIpc) is 2.45. The van der Waals surface area contributed by atoms with Crippen molar-refractivity contribution in [1.29, 1.82) is 0 Å². The van der Waals surface area contributed by atoms with Crippen LogP contribution in [0.3, 0.4) is 0 Å². The van der Waals surface area contributed by atoms with E-state index in [1.807, 2.05) is 12.1 Å². The molecule has 0 aliphatic heterocycles. The van der Waals surface area contributed by atoms with E-state index in [9.17, 15) is 0 Å². The van der Waals surface area contributed by atoms with Gasteiger partial charge in [-0.1, -0.05) is 26.0 Å². The third-order valence-corrected chi connectivity index (χ3v) is 3.55. The molecule has 0 saturated heterocycles. The van der Waals surface area contributed by atoms with Gasteiger partial charge in [-0.05, 0) is 43.0 Å². The Morgan fingerprint density at radius 1 is 1.16 bits per heavy atom. The summed E-state index contributed by atoms with van der Waals surface area (Å²) in [5, 5.41) is 3.58. The van der Waals surface area contributed by atoms with E-state index in [0.717, 1.165) is 31.7 Å². The van der Waals surface area contributed by atoms with Crippen LogP contribution in [0.4, 0.5) is 0 Å². The highest BCUT2D eigenvalue weighted by Gasteiger charge is 2.16. The van der Waals surface area contributed by atoms with Crippen molar-refractivity contribution < 1.29 is 9.47 Å². The first-order valence-corrected chi connectivity index (χ1v) is 7.06. The molecule has 0 amide bonds. The zero-order valence-electron chi connectivity index (χ0n) is 12.6. The molecule has 1 aromatic rings. The second kappa shape index (κ2) is 8.94. The fourth-order valence-corrected chi connectivity index (χ4v) is 2.26. The van der Waals surface area contributed by atoms with Crippen LogP contribution in [-0.4, -0.2) is 33.4 Å². The Bertz CT molecular complexity index is 337. The lowest BCUT2D eigenvalue weighted by Gasteiger charge is -2.25. The Balaban J connectivity index is 2.60. The van der Waals surface area contributed by atoms with Crippen LogP contribution in [0.25, 0.3) is 0 Å². The number of methoxy groups -OCH3 is 2. The quantitative estimate of drug-likeness (QED) is 0.744. The minimum atomic E-state index is 0.494. The van der Waals surface area contributed by atoms with Gasteiger partial charge in [-0.15, -0.1) is 0 Å². The Kier molecular flexibility index (Phi) is 7.53. The number of rotatable bonds is 9. The molecule has 2 atom stereocenters. The van der Waals surface area contributed by atoms with Crippen molar-refractivity contribution >= 4 is 0 Å². The molecule has 0 aliphatic carbocycles. The maximum absolute atomic E-state index is 5.19. The van der Waals surface area contributed by atoms with Crippen molar-refractivity contribution in [2.24, 2.45) is 5.92 Å². The van der Waals surface area contributed by atoms with Crippen LogP contribution in [0, 0.1) is 5.92 Å². The van der Waals surface area contributed by atoms with Crippen LogP contribution >= 0.6 is 0 Å². The molecule has 0 aliphatic rings. The number of ether oxygens (including phenoxy) is 2. The van der Waals surface area contributed by atoms with Gasteiger partial charge < -0.3 is 14.8 Å². The summed E-state index contributed by atoms with van der Waals surface area (Å²) < 4.78 is 10.4. The molecule has 0 fully saturated rings. The van der Waals surface area contributed by atoms with Crippen LogP contribution in [-0.2, 0) is 11.2 Å². The summed E-state index contributed by atoms with van der Waals surface area (Å²) in [5.41, 5.74) is 1.34. The zero-order valence-corrected chi connectivity index (χ0v) is 12.6. The minimum absolute atomic E-state index is 0.494. The first kappa shape index (κ1) is 16.0. The summed E-state index contributed by atoms with van der Waals surface area (Å²) in [4.78, 5) is 0. The molecular formula is C16H27NO2. The molecule has 1 aromatic carbocycles. The third kappa shape index (κ3) is 5.62. The van der Waals surface area contributed by atoms with Crippen molar-refractivity contribution in [3.63, 3.8) is 0 Å². The monoisotopic (exact) mass is 265 g/mol. The Morgan fingerprint density at radius 3 is 2.37 bits per heavy atom. The first-order chi connectivity index (χ1) is 9.21. The number of likely N-dealkylation sites (N-methyl/N-ethyl adjacent to an activating group) is 1. The van der Waals surface area contributed by atoms with Crippen LogP contribution in [0.5, 0.6) is 5.75 Å². The van der Waals surface area contributed by atoms with Crippen LogP contribution in [0.2, 0.25) is 0 Å². The predicted octanol–water partition coefficient (Wildman–Crippen LogP) is 2.89. The van der Waals surface area contributed by atoms with E-state index in [1.165, 1.54) is 5.56 Å². The minimum Gasteiger partial charge on any atom is -0.497 e. The highest BCUT2D eigenvalue weighted by Crippen LogP contribution is 2.17. The highest BCUT2D eigenvalue weighted by molar-refractivity contribution is 5.27. The molecule has 0 bridgehead atoms. The van der Waals surface area contributed by atoms with E-state index >= 15 is 0 Å². The molecular weight excluding hydrogens is 238 g/mol. The molecule has 1 rings (SSSR count). The summed E-state index contributed by atoms with van der Waals surface area (Å²) >= 11 is 0. The first-order valence-electron chi connectivity index (χ1n) is 7.06. The molecule has 0 spiro atoms. The van der Waals surface area contributed by atoms with Gasteiger partial charge in [-0.25, -0.2) is 0 Å². The number of benzene rings is 1. The standard InChI is InChI=1S/C16H27NO2/c1-5-17-16(13(2)10-11-18-3)12-14-6-8-15(19-4)9-7-14/h6-9,13,16-17H,5,10-12H2,1-4H3. The molecule has 0 aromatic heterocycles. The number of nitrogens with one attached hydrogen (secondary N) is 1.